The number of hydrogen-bond donors (Lipinski definition) is 2. The van der Waals surface area contributed by atoms with Crippen molar-refractivity contribution < 1.29 is 4.79 Å². The minimum Gasteiger partial charge on any atom is -0.354 e. The van der Waals surface area contributed by atoms with Crippen molar-refractivity contribution >= 4 is 11.9 Å². The molecule has 2 unspecified atom stereocenters. The van der Waals surface area contributed by atoms with Crippen LogP contribution < -0.4 is 5.32 Å². The van der Waals surface area contributed by atoms with E-state index in [4.69, 9.17) is 0 Å². The highest BCUT2D eigenvalue weighted by molar-refractivity contribution is 5.92. The quantitative estimate of drug-likeness (QED) is 0.897. The predicted molar refractivity (Wildman–Crippen MR) is 87.0 cm³/mol. The molecule has 2 N–H and O–H groups in total. The molecule has 1 fully saturated rings. The molecule has 0 bridgehead atoms. The van der Waals surface area contributed by atoms with Crippen molar-refractivity contribution in [3.05, 3.63) is 35.9 Å². The van der Waals surface area contributed by atoms with Crippen molar-refractivity contribution in [3.8, 4) is 0 Å². The number of piperidine rings is 1. The number of aromatic amines is 1. The molecule has 1 amide bonds. The predicted octanol–water partition coefficient (Wildman–Crippen LogP) is 1.72. The average molecular weight is 314 g/mol. The highest BCUT2D eigenvalue weighted by Crippen LogP contribution is 2.24. The van der Waals surface area contributed by atoms with E-state index in [1.54, 1.807) is 24.5 Å². The fraction of sp³-hybridized carbons (Fsp3) is 0.500. The first kappa shape index (κ1) is 15.5. The van der Waals surface area contributed by atoms with Crippen molar-refractivity contribution in [2.75, 3.05) is 25.0 Å². The third-order valence-electron chi connectivity index (χ3n) is 4.41. The molecule has 1 saturated heterocycles. The molecule has 1 aliphatic rings. The summed E-state index contributed by atoms with van der Waals surface area (Å²) in [4.78, 5) is 22.8. The molecule has 0 saturated carbocycles. The molecule has 2 atom stereocenters. The standard InChI is InChI=1S/C16H22N6O/c1-11-4-7-22(15(23)14-8-12(2)20-21-14)10-13(11)9-19-16-17-5-3-6-18-16/h3,5-6,8,11,13H,4,7,9-10H2,1-2H3,(H,20,21)(H,17,18,19). The number of H-pyrrole nitrogens is 1. The molecule has 7 nitrogen and oxygen atoms in total. The van der Waals surface area contributed by atoms with Gasteiger partial charge >= 0.3 is 0 Å². The molecule has 0 aromatic carbocycles. The molecule has 0 aliphatic carbocycles. The summed E-state index contributed by atoms with van der Waals surface area (Å²) >= 11 is 0. The molecular formula is C16H22N6O. The van der Waals surface area contributed by atoms with Gasteiger partial charge in [-0.3, -0.25) is 9.89 Å². The second kappa shape index (κ2) is 6.76. The maximum atomic E-state index is 12.5. The first-order chi connectivity index (χ1) is 11.1. The Bertz CT molecular complexity index is 656. The number of amides is 1. The molecule has 0 spiro atoms. The Hall–Kier alpha value is -2.44. The summed E-state index contributed by atoms with van der Waals surface area (Å²) in [5.41, 5.74) is 1.40. The van der Waals surface area contributed by atoms with Gasteiger partial charge in [0, 0.05) is 37.7 Å². The maximum Gasteiger partial charge on any atom is 0.274 e. The Morgan fingerprint density at radius 2 is 2.22 bits per heavy atom. The number of likely N-dealkylation sites (tertiary alicyclic amines) is 1. The van der Waals surface area contributed by atoms with Gasteiger partial charge in [-0.15, -0.1) is 0 Å². The van der Waals surface area contributed by atoms with E-state index in [-0.39, 0.29) is 5.91 Å². The highest BCUT2D eigenvalue weighted by Gasteiger charge is 2.30. The van der Waals surface area contributed by atoms with Crippen LogP contribution in [-0.2, 0) is 0 Å². The van der Waals surface area contributed by atoms with E-state index in [1.807, 2.05) is 11.8 Å². The van der Waals surface area contributed by atoms with Crippen molar-refractivity contribution in [3.63, 3.8) is 0 Å². The number of rotatable bonds is 4. The monoisotopic (exact) mass is 314 g/mol. The molecule has 0 radical (unpaired) electrons. The van der Waals surface area contributed by atoms with E-state index in [1.165, 1.54) is 0 Å². The Labute approximate surface area is 135 Å². The Morgan fingerprint density at radius 3 is 2.91 bits per heavy atom. The summed E-state index contributed by atoms with van der Waals surface area (Å²) in [5.74, 6) is 1.56. The third-order valence-corrected chi connectivity index (χ3v) is 4.41. The Morgan fingerprint density at radius 1 is 1.43 bits per heavy atom. The lowest BCUT2D eigenvalue weighted by atomic mass is 9.87. The van der Waals surface area contributed by atoms with E-state index in [0.717, 1.165) is 31.7 Å². The zero-order chi connectivity index (χ0) is 16.2. The van der Waals surface area contributed by atoms with Crippen LogP contribution in [0.5, 0.6) is 0 Å². The van der Waals surface area contributed by atoms with E-state index in [2.05, 4.69) is 32.4 Å². The number of aromatic nitrogens is 4. The number of nitrogens with one attached hydrogen (secondary N) is 2. The molecule has 3 heterocycles. The third kappa shape index (κ3) is 3.67. The number of hydrogen-bond acceptors (Lipinski definition) is 5. The van der Waals surface area contributed by atoms with Crippen LogP contribution in [-0.4, -0.2) is 50.6 Å². The van der Waals surface area contributed by atoms with Crippen LogP contribution in [0.25, 0.3) is 0 Å². The molecule has 3 rings (SSSR count). The molecule has 2 aromatic rings. The summed E-state index contributed by atoms with van der Waals surface area (Å²) in [6.07, 6.45) is 4.43. The first-order valence-electron chi connectivity index (χ1n) is 7.95. The number of carbonyl (C=O) groups is 1. The first-order valence-corrected chi connectivity index (χ1v) is 7.95. The van der Waals surface area contributed by atoms with Gasteiger partial charge in [0.25, 0.3) is 5.91 Å². The van der Waals surface area contributed by atoms with Crippen LogP contribution in [0.3, 0.4) is 0 Å². The molecule has 23 heavy (non-hydrogen) atoms. The topological polar surface area (TPSA) is 86.8 Å². The van der Waals surface area contributed by atoms with E-state index in [0.29, 0.717) is 23.5 Å². The van der Waals surface area contributed by atoms with Crippen LogP contribution in [0.4, 0.5) is 5.95 Å². The molecule has 2 aromatic heterocycles. The lowest BCUT2D eigenvalue weighted by Crippen LogP contribution is -2.45. The molecule has 1 aliphatic heterocycles. The van der Waals surface area contributed by atoms with Gasteiger partial charge in [0.15, 0.2) is 0 Å². The van der Waals surface area contributed by atoms with E-state index >= 15 is 0 Å². The Balaban J connectivity index is 1.61. The van der Waals surface area contributed by atoms with Crippen molar-refractivity contribution in [2.24, 2.45) is 11.8 Å². The second-order valence-electron chi connectivity index (χ2n) is 6.17. The second-order valence-corrected chi connectivity index (χ2v) is 6.17. The van der Waals surface area contributed by atoms with Crippen LogP contribution >= 0.6 is 0 Å². The number of nitrogens with zero attached hydrogens (tertiary/aromatic N) is 4. The normalized spacial score (nSPS) is 21.2. The summed E-state index contributed by atoms with van der Waals surface area (Å²) in [6, 6.07) is 3.59. The highest BCUT2D eigenvalue weighted by atomic mass is 16.2. The van der Waals surface area contributed by atoms with Crippen LogP contribution in [0.15, 0.2) is 24.5 Å². The van der Waals surface area contributed by atoms with Gasteiger partial charge in [0.1, 0.15) is 5.69 Å². The summed E-state index contributed by atoms with van der Waals surface area (Å²) in [5, 5.41) is 10.2. The zero-order valence-corrected chi connectivity index (χ0v) is 13.5. The van der Waals surface area contributed by atoms with Gasteiger partial charge < -0.3 is 10.2 Å². The molecular weight excluding hydrogens is 292 g/mol. The van der Waals surface area contributed by atoms with Gasteiger partial charge in [-0.25, -0.2) is 9.97 Å². The fourth-order valence-electron chi connectivity index (χ4n) is 2.90. The minimum absolute atomic E-state index is 0.00205. The SMILES string of the molecule is Cc1cc(C(=O)N2CCC(C)C(CNc3ncccn3)C2)n[nH]1. The van der Waals surface area contributed by atoms with E-state index in [9.17, 15) is 4.79 Å². The van der Waals surface area contributed by atoms with Crippen LogP contribution in [0.1, 0.15) is 29.5 Å². The lowest BCUT2D eigenvalue weighted by Gasteiger charge is -2.36. The molecule has 7 heteroatoms. The van der Waals surface area contributed by atoms with Crippen molar-refractivity contribution in [1.82, 2.24) is 25.1 Å². The van der Waals surface area contributed by atoms with Gasteiger partial charge in [-0.2, -0.15) is 5.10 Å². The number of carbonyl (C=O) groups excluding carboxylic acids is 1. The van der Waals surface area contributed by atoms with Gasteiger partial charge in [0.05, 0.1) is 0 Å². The lowest BCUT2D eigenvalue weighted by molar-refractivity contribution is 0.0616. The minimum atomic E-state index is 0.00205. The Kier molecular flexibility index (Phi) is 4.55. The number of aryl methyl sites for hydroxylation is 1. The van der Waals surface area contributed by atoms with Crippen LogP contribution in [0.2, 0.25) is 0 Å². The van der Waals surface area contributed by atoms with Crippen molar-refractivity contribution in [1.29, 1.82) is 0 Å². The van der Waals surface area contributed by atoms with Crippen molar-refractivity contribution in [2.45, 2.75) is 20.3 Å². The largest absolute Gasteiger partial charge is 0.354 e. The maximum absolute atomic E-state index is 12.5. The van der Waals surface area contributed by atoms with E-state index < -0.39 is 0 Å². The van der Waals surface area contributed by atoms with Gasteiger partial charge in [-0.1, -0.05) is 6.92 Å². The summed E-state index contributed by atoms with van der Waals surface area (Å²) < 4.78 is 0. The van der Waals surface area contributed by atoms with Gasteiger partial charge in [0.2, 0.25) is 5.95 Å². The fourth-order valence-corrected chi connectivity index (χ4v) is 2.90. The number of anilines is 1. The summed E-state index contributed by atoms with van der Waals surface area (Å²) in [7, 11) is 0. The smallest absolute Gasteiger partial charge is 0.274 e. The van der Waals surface area contributed by atoms with Crippen LogP contribution in [0, 0.1) is 18.8 Å². The molecule has 122 valence electrons. The zero-order valence-electron chi connectivity index (χ0n) is 13.5. The summed E-state index contributed by atoms with van der Waals surface area (Å²) in [6.45, 7) is 6.40. The average Bonchev–Trinajstić information content (AvgIpc) is 3.01. The van der Waals surface area contributed by atoms with Gasteiger partial charge in [-0.05, 0) is 37.3 Å².